The highest BCUT2D eigenvalue weighted by atomic mass is 16.1. The molecule has 0 amide bonds. The van der Waals surface area contributed by atoms with Gasteiger partial charge in [0.25, 0.3) is 0 Å². The zero-order valence-corrected chi connectivity index (χ0v) is 11.2. The van der Waals surface area contributed by atoms with Crippen molar-refractivity contribution < 1.29 is 4.79 Å². The fraction of sp³-hybridized carbons (Fsp3) is 0.533. The molecule has 0 saturated carbocycles. The molecule has 0 aliphatic carbocycles. The molecule has 0 aromatic heterocycles. The second-order valence-electron chi connectivity index (χ2n) is 5.72. The standard InChI is InChI=1S/C15H21NO/c1-11-6-5-7-12(2)14(11)16-9-8-13(17)15(3,4)10-16/h5-7H,8-10H2,1-4H3. The largest absolute Gasteiger partial charge is 0.370 e. The topological polar surface area (TPSA) is 20.3 Å². The molecule has 0 atom stereocenters. The minimum absolute atomic E-state index is 0.215. The Bertz CT molecular complexity index is 428. The van der Waals surface area contributed by atoms with Gasteiger partial charge in [0.15, 0.2) is 0 Å². The van der Waals surface area contributed by atoms with E-state index in [1.165, 1.54) is 16.8 Å². The van der Waals surface area contributed by atoms with Crippen molar-refractivity contribution in [3.63, 3.8) is 0 Å². The first-order valence-electron chi connectivity index (χ1n) is 6.26. The van der Waals surface area contributed by atoms with Crippen LogP contribution in [0.1, 0.15) is 31.4 Å². The summed E-state index contributed by atoms with van der Waals surface area (Å²) in [6.45, 7) is 10.1. The average molecular weight is 231 g/mol. The van der Waals surface area contributed by atoms with Crippen molar-refractivity contribution >= 4 is 11.5 Å². The second kappa shape index (κ2) is 4.17. The lowest BCUT2D eigenvalue weighted by Crippen LogP contribution is -2.46. The third kappa shape index (κ3) is 2.21. The van der Waals surface area contributed by atoms with E-state index in [-0.39, 0.29) is 5.41 Å². The van der Waals surface area contributed by atoms with Crippen LogP contribution in [0.25, 0.3) is 0 Å². The van der Waals surface area contributed by atoms with Gasteiger partial charge in [0.1, 0.15) is 5.78 Å². The van der Waals surface area contributed by atoms with Crippen LogP contribution in [0.4, 0.5) is 5.69 Å². The molecule has 1 aromatic rings. The molecule has 1 aromatic carbocycles. The minimum atomic E-state index is -0.215. The number of anilines is 1. The summed E-state index contributed by atoms with van der Waals surface area (Å²) in [7, 11) is 0. The number of benzene rings is 1. The van der Waals surface area contributed by atoms with Crippen molar-refractivity contribution in [3.8, 4) is 0 Å². The maximum absolute atomic E-state index is 11.8. The Labute approximate surface area is 104 Å². The summed E-state index contributed by atoms with van der Waals surface area (Å²) in [5.41, 5.74) is 3.70. The molecule has 0 N–H and O–H groups in total. The highest BCUT2D eigenvalue weighted by Crippen LogP contribution is 2.32. The predicted octanol–water partition coefficient (Wildman–Crippen LogP) is 3.11. The van der Waals surface area contributed by atoms with E-state index in [1.54, 1.807) is 0 Å². The number of rotatable bonds is 1. The lowest BCUT2D eigenvalue weighted by atomic mass is 9.82. The van der Waals surface area contributed by atoms with Crippen LogP contribution in [0.3, 0.4) is 0 Å². The number of ketones is 1. The molecule has 0 unspecified atom stereocenters. The zero-order chi connectivity index (χ0) is 12.6. The Morgan fingerprint density at radius 3 is 2.29 bits per heavy atom. The summed E-state index contributed by atoms with van der Waals surface area (Å²) in [6.07, 6.45) is 0.667. The van der Waals surface area contributed by atoms with E-state index in [1.807, 2.05) is 0 Å². The molecular formula is C15H21NO. The van der Waals surface area contributed by atoms with Crippen LogP contribution in [0.5, 0.6) is 0 Å². The van der Waals surface area contributed by atoms with Gasteiger partial charge in [0, 0.05) is 30.6 Å². The van der Waals surface area contributed by atoms with Crippen molar-refractivity contribution in [2.75, 3.05) is 18.0 Å². The Balaban J connectivity index is 2.33. The van der Waals surface area contributed by atoms with Gasteiger partial charge in [-0.3, -0.25) is 4.79 Å². The van der Waals surface area contributed by atoms with Crippen molar-refractivity contribution in [1.82, 2.24) is 0 Å². The predicted molar refractivity (Wildman–Crippen MR) is 71.5 cm³/mol. The number of aryl methyl sites for hydroxylation is 2. The van der Waals surface area contributed by atoms with Gasteiger partial charge >= 0.3 is 0 Å². The van der Waals surface area contributed by atoms with Crippen molar-refractivity contribution in [1.29, 1.82) is 0 Å². The summed E-state index contributed by atoms with van der Waals surface area (Å²) in [5, 5.41) is 0. The molecule has 1 aliphatic rings. The molecule has 0 spiro atoms. The third-order valence-electron chi connectivity index (χ3n) is 3.71. The fourth-order valence-corrected chi connectivity index (χ4v) is 2.71. The van der Waals surface area contributed by atoms with Crippen molar-refractivity contribution in [2.24, 2.45) is 5.41 Å². The van der Waals surface area contributed by atoms with Gasteiger partial charge in [0.05, 0.1) is 0 Å². The highest BCUT2D eigenvalue weighted by Gasteiger charge is 2.34. The zero-order valence-electron chi connectivity index (χ0n) is 11.2. The molecule has 1 aliphatic heterocycles. The molecule has 1 saturated heterocycles. The molecule has 2 nitrogen and oxygen atoms in total. The number of Topliss-reactive ketones (excluding diaryl/α,β-unsaturated/α-hetero) is 1. The van der Waals surface area contributed by atoms with Gasteiger partial charge in [-0.05, 0) is 25.0 Å². The Morgan fingerprint density at radius 2 is 1.76 bits per heavy atom. The van der Waals surface area contributed by atoms with Gasteiger partial charge in [-0.2, -0.15) is 0 Å². The number of carbonyl (C=O) groups is 1. The van der Waals surface area contributed by atoms with Crippen LogP contribution in [0.15, 0.2) is 18.2 Å². The first kappa shape index (κ1) is 12.2. The van der Waals surface area contributed by atoms with Crippen LogP contribution >= 0.6 is 0 Å². The van der Waals surface area contributed by atoms with Crippen LogP contribution in [-0.2, 0) is 4.79 Å². The number of piperidine rings is 1. The molecular weight excluding hydrogens is 210 g/mol. The summed E-state index contributed by atoms with van der Waals surface area (Å²) in [6, 6.07) is 6.38. The van der Waals surface area contributed by atoms with E-state index in [0.717, 1.165) is 13.1 Å². The molecule has 1 fully saturated rings. The molecule has 2 heteroatoms. The first-order valence-corrected chi connectivity index (χ1v) is 6.26. The lowest BCUT2D eigenvalue weighted by Gasteiger charge is -2.39. The van der Waals surface area contributed by atoms with Gasteiger partial charge in [-0.15, -0.1) is 0 Å². The van der Waals surface area contributed by atoms with Crippen LogP contribution in [0, 0.1) is 19.3 Å². The number of hydrogen-bond acceptors (Lipinski definition) is 2. The Morgan fingerprint density at radius 1 is 1.18 bits per heavy atom. The summed E-state index contributed by atoms with van der Waals surface area (Å²) >= 11 is 0. The lowest BCUT2D eigenvalue weighted by molar-refractivity contribution is -0.127. The molecule has 92 valence electrons. The SMILES string of the molecule is Cc1cccc(C)c1N1CCC(=O)C(C)(C)C1. The van der Waals surface area contributed by atoms with Gasteiger partial charge < -0.3 is 4.90 Å². The monoisotopic (exact) mass is 231 g/mol. The normalized spacial score (nSPS) is 19.5. The first-order chi connectivity index (χ1) is 7.92. The molecule has 17 heavy (non-hydrogen) atoms. The number of hydrogen-bond donors (Lipinski definition) is 0. The fourth-order valence-electron chi connectivity index (χ4n) is 2.71. The third-order valence-corrected chi connectivity index (χ3v) is 3.71. The van der Waals surface area contributed by atoms with Crippen LogP contribution in [-0.4, -0.2) is 18.9 Å². The van der Waals surface area contributed by atoms with Gasteiger partial charge in [-0.1, -0.05) is 32.0 Å². The summed E-state index contributed by atoms with van der Waals surface area (Å²) in [4.78, 5) is 14.2. The summed E-state index contributed by atoms with van der Waals surface area (Å²) < 4.78 is 0. The van der Waals surface area contributed by atoms with E-state index >= 15 is 0 Å². The van der Waals surface area contributed by atoms with Crippen molar-refractivity contribution in [2.45, 2.75) is 34.1 Å². The highest BCUT2D eigenvalue weighted by molar-refractivity contribution is 5.86. The van der Waals surface area contributed by atoms with Gasteiger partial charge in [0.2, 0.25) is 0 Å². The number of carbonyl (C=O) groups excluding carboxylic acids is 1. The smallest absolute Gasteiger partial charge is 0.142 e. The summed E-state index contributed by atoms with van der Waals surface area (Å²) in [5.74, 6) is 0.389. The van der Waals surface area contributed by atoms with Crippen LogP contribution < -0.4 is 4.90 Å². The van der Waals surface area contributed by atoms with E-state index in [0.29, 0.717) is 12.2 Å². The van der Waals surface area contributed by atoms with E-state index in [4.69, 9.17) is 0 Å². The Hall–Kier alpha value is -1.31. The van der Waals surface area contributed by atoms with Crippen molar-refractivity contribution in [3.05, 3.63) is 29.3 Å². The quantitative estimate of drug-likeness (QED) is 0.740. The molecule has 0 radical (unpaired) electrons. The average Bonchev–Trinajstić information content (AvgIpc) is 2.22. The van der Waals surface area contributed by atoms with Gasteiger partial charge in [-0.25, -0.2) is 0 Å². The van der Waals surface area contributed by atoms with Crippen LogP contribution in [0.2, 0.25) is 0 Å². The molecule has 0 bridgehead atoms. The second-order valence-corrected chi connectivity index (χ2v) is 5.72. The Kier molecular flexibility index (Phi) is 2.98. The maximum atomic E-state index is 11.8. The number of nitrogens with zero attached hydrogens (tertiary/aromatic N) is 1. The maximum Gasteiger partial charge on any atom is 0.142 e. The molecule has 2 rings (SSSR count). The molecule has 1 heterocycles. The van der Waals surface area contributed by atoms with E-state index < -0.39 is 0 Å². The minimum Gasteiger partial charge on any atom is -0.370 e. The van der Waals surface area contributed by atoms with E-state index in [2.05, 4.69) is 50.8 Å². The number of para-hydroxylation sites is 1. The van der Waals surface area contributed by atoms with E-state index in [9.17, 15) is 4.79 Å².